The molecular formula is C8H10O5S. The predicted molar refractivity (Wildman–Crippen MR) is 51.7 cm³/mol. The molecule has 0 heterocycles. The Balaban J connectivity index is 4.15. The smallest absolute Gasteiger partial charge is 0.342 e. The van der Waals surface area contributed by atoms with Crippen molar-refractivity contribution >= 4 is 29.5 Å². The van der Waals surface area contributed by atoms with Gasteiger partial charge in [-0.1, -0.05) is 12.2 Å². The summed E-state index contributed by atoms with van der Waals surface area (Å²) in [6.45, 7) is -0.155. The van der Waals surface area contributed by atoms with Crippen LogP contribution in [0, 0.1) is 0 Å². The van der Waals surface area contributed by atoms with E-state index in [-0.39, 0.29) is 12.4 Å². The number of carbonyl (C=O) groups is 2. The van der Waals surface area contributed by atoms with Crippen molar-refractivity contribution in [2.24, 2.45) is 0 Å². The van der Waals surface area contributed by atoms with Crippen LogP contribution in [0.5, 0.6) is 0 Å². The summed E-state index contributed by atoms with van der Waals surface area (Å²) in [6, 6.07) is 0. The lowest BCUT2D eigenvalue weighted by Crippen LogP contribution is -2.10. The lowest BCUT2D eigenvalue weighted by atomic mass is 10.4. The summed E-state index contributed by atoms with van der Waals surface area (Å²) in [5.41, 5.74) is 0. The Hall–Kier alpha value is -1.43. The Labute approximate surface area is 86.6 Å². The second kappa shape index (κ2) is 7.02. The number of rotatable bonds is 5. The zero-order valence-electron chi connectivity index (χ0n) is 7.81. The van der Waals surface area contributed by atoms with E-state index in [0.29, 0.717) is 0 Å². The third-order valence-corrected chi connectivity index (χ3v) is 1.39. The molecule has 0 saturated carbocycles. The summed E-state index contributed by atoms with van der Waals surface area (Å²) < 4.78 is 13.7. The fourth-order valence-corrected chi connectivity index (χ4v) is 0.594. The van der Waals surface area contributed by atoms with Crippen LogP contribution in [-0.2, 0) is 23.8 Å². The second-order valence-corrected chi connectivity index (χ2v) is 2.30. The van der Waals surface area contributed by atoms with E-state index >= 15 is 0 Å². The van der Waals surface area contributed by atoms with E-state index in [1.165, 1.54) is 14.2 Å². The number of thiocarbonyl (C=S) groups is 1. The predicted octanol–water partition coefficient (Wildman–Crippen LogP) is 0.233. The highest BCUT2D eigenvalue weighted by Crippen LogP contribution is 1.97. The maximum atomic E-state index is 10.7. The van der Waals surface area contributed by atoms with Crippen LogP contribution in [0.2, 0.25) is 0 Å². The molecule has 0 saturated heterocycles. The Kier molecular flexibility index (Phi) is 6.30. The van der Waals surface area contributed by atoms with Crippen molar-refractivity contribution in [3.8, 4) is 0 Å². The van der Waals surface area contributed by atoms with E-state index in [1.807, 2.05) is 0 Å². The molecule has 78 valence electrons. The minimum absolute atomic E-state index is 0.155. The molecule has 14 heavy (non-hydrogen) atoms. The number of hydrogen-bond acceptors (Lipinski definition) is 6. The molecule has 0 unspecified atom stereocenters. The van der Waals surface area contributed by atoms with Crippen LogP contribution >= 0.6 is 12.2 Å². The SMILES string of the molecule is COC(=O)/C=C(\COC(=O)C=S)OC. The van der Waals surface area contributed by atoms with Gasteiger partial charge in [0.25, 0.3) is 0 Å². The summed E-state index contributed by atoms with van der Waals surface area (Å²) in [7, 11) is 2.58. The number of ether oxygens (including phenoxy) is 3. The van der Waals surface area contributed by atoms with Gasteiger partial charge >= 0.3 is 11.9 Å². The largest absolute Gasteiger partial charge is 0.497 e. The molecule has 0 bridgehead atoms. The molecule has 0 aromatic heterocycles. The number of carbonyl (C=O) groups excluding carboxylic acids is 2. The highest BCUT2D eigenvalue weighted by Gasteiger charge is 2.04. The Morgan fingerprint density at radius 2 is 1.86 bits per heavy atom. The van der Waals surface area contributed by atoms with Gasteiger partial charge in [0, 0.05) is 0 Å². The zero-order valence-corrected chi connectivity index (χ0v) is 8.63. The highest BCUT2D eigenvalue weighted by atomic mass is 32.1. The second-order valence-electron chi connectivity index (χ2n) is 2.06. The van der Waals surface area contributed by atoms with Crippen molar-refractivity contribution in [1.29, 1.82) is 0 Å². The summed E-state index contributed by atoms with van der Waals surface area (Å²) >= 11 is 4.32. The first kappa shape index (κ1) is 12.6. The molecule has 0 spiro atoms. The molecular weight excluding hydrogens is 208 g/mol. The van der Waals surface area contributed by atoms with Gasteiger partial charge in [-0.25, -0.2) is 9.59 Å². The number of methoxy groups -OCH3 is 2. The van der Waals surface area contributed by atoms with Gasteiger partial charge in [-0.15, -0.1) is 0 Å². The summed E-state index contributed by atoms with van der Waals surface area (Å²) in [4.78, 5) is 21.4. The topological polar surface area (TPSA) is 61.8 Å². The Morgan fingerprint density at radius 3 is 2.29 bits per heavy atom. The molecule has 0 fully saturated rings. The molecule has 0 aromatic carbocycles. The molecule has 0 aliphatic rings. The normalized spacial score (nSPS) is 10.3. The monoisotopic (exact) mass is 218 g/mol. The lowest BCUT2D eigenvalue weighted by molar-refractivity contribution is -0.137. The van der Waals surface area contributed by atoms with Crippen molar-refractivity contribution in [2.45, 2.75) is 0 Å². The molecule has 0 aromatic rings. The van der Waals surface area contributed by atoms with Crippen molar-refractivity contribution in [2.75, 3.05) is 20.8 Å². The average molecular weight is 218 g/mol. The molecule has 0 amide bonds. The van der Waals surface area contributed by atoms with E-state index in [0.717, 1.165) is 11.4 Å². The number of hydrogen-bond donors (Lipinski definition) is 0. The highest BCUT2D eigenvalue weighted by molar-refractivity contribution is 7.80. The van der Waals surface area contributed by atoms with Gasteiger partial charge in [0.2, 0.25) is 0 Å². The minimum Gasteiger partial charge on any atom is -0.497 e. The first-order valence-corrected chi connectivity index (χ1v) is 4.05. The van der Waals surface area contributed by atoms with Crippen molar-refractivity contribution in [3.05, 3.63) is 11.8 Å². The van der Waals surface area contributed by atoms with Crippen molar-refractivity contribution in [1.82, 2.24) is 0 Å². The fraction of sp³-hybridized carbons (Fsp3) is 0.375. The van der Waals surface area contributed by atoms with Gasteiger partial charge in [0.1, 0.15) is 12.4 Å². The van der Waals surface area contributed by atoms with Crippen LogP contribution in [0.1, 0.15) is 0 Å². The standard InChI is InChI=1S/C8H10O5S/c1-11-6(3-7(9)12-2)4-13-8(10)5-14/h3,5H,4H2,1-2H3/b6-3+. The van der Waals surface area contributed by atoms with Gasteiger partial charge in [-0.05, 0) is 0 Å². The first-order valence-electron chi connectivity index (χ1n) is 3.58. The van der Waals surface area contributed by atoms with Gasteiger partial charge in [-0.2, -0.15) is 0 Å². The van der Waals surface area contributed by atoms with E-state index in [4.69, 9.17) is 4.74 Å². The van der Waals surface area contributed by atoms with Crippen LogP contribution in [-0.4, -0.2) is 38.1 Å². The summed E-state index contributed by atoms with van der Waals surface area (Å²) in [5, 5.41) is 0.853. The third-order valence-electron chi connectivity index (χ3n) is 1.20. The number of esters is 2. The van der Waals surface area contributed by atoms with Gasteiger partial charge in [0.15, 0.2) is 0 Å². The molecule has 0 radical (unpaired) electrons. The molecule has 0 aliphatic heterocycles. The average Bonchev–Trinajstić information content (AvgIpc) is 2.22. The van der Waals surface area contributed by atoms with Crippen LogP contribution in [0.4, 0.5) is 0 Å². The Bertz CT molecular complexity index is 258. The molecule has 0 atom stereocenters. The van der Waals surface area contributed by atoms with Crippen LogP contribution in [0.25, 0.3) is 0 Å². The molecule has 0 N–H and O–H groups in total. The van der Waals surface area contributed by atoms with E-state index in [9.17, 15) is 9.59 Å². The Morgan fingerprint density at radius 1 is 1.21 bits per heavy atom. The summed E-state index contributed by atoms with van der Waals surface area (Å²) in [5.74, 6) is -1.06. The first-order chi connectivity index (χ1) is 6.63. The third kappa shape index (κ3) is 5.26. The van der Waals surface area contributed by atoms with Gasteiger partial charge in [-0.3, -0.25) is 0 Å². The van der Waals surface area contributed by atoms with E-state index < -0.39 is 11.9 Å². The van der Waals surface area contributed by atoms with Crippen molar-refractivity contribution < 1.29 is 23.8 Å². The van der Waals surface area contributed by atoms with Gasteiger partial charge in [0.05, 0.1) is 25.7 Å². The van der Waals surface area contributed by atoms with Crippen LogP contribution < -0.4 is 0 Å². The van der Waals surface area contributed by atoms with Gasteiger partial charge < -0.3 is 14.2 Å². The maximum Gasteiger partial charge on any atom is 0.342 e. The molecule has 0 rings (SSSR count). The van der Waals surface area contributed by atoms with E-state index in [1.54, 1.807) is 0 Å². The van der Waals surface area contributed by atoms with Crippen molar-refractivity contribution in [3.63, 3.8) is 0 Å². The lowest BCUT2D eigenvalue weighted by Gasteiger charge is -2.05. The quantitative estimate of drug-likeness (QED) is 0.285. The molecule has 0 aliphatic carbocycles. The maximum absolute atomic E-state index is 10.7. The minimum atomic E-state index is -0.659. The van der Waals surface area contributed by atoms with Crippen LogP contribution in [0.3, 0.4) is 0 Å². The van der Waals surface area contributed by atoms with E-state index in [2.05, 4.69) is 21.7 Å². The summed E-state index contributed by atoms with van der Waals surface area (Å²) in [6.07, 6.45) is 1.08. The zero-order chi connectivity index (χ0) is 11.0. The molecule has 6 heteroatoms. The van der Waals surface area contributed by atoms with Crippen LogP contribution in [0.15, 0.2) is 11.8 Å². The molecule has 5 nitrogen and oxygen atoms in total. The fourth-order valence-electron chi connectivity index (χ4n) is 0.526.